The quantitative estimate of drug-likeness (QED) is 0.501. The van der Waals surface area contributed by atoms with Crippen LogP contribution in [0.1, 0.15) is 5.56 Å². The third kappa shape index (κ3) is 0.875. The number of benzene rings is 1. The molecule has 1 heterocycles. The van der Waals surface area contributed by atoms with E-state index in [0.29, 0.717) is 0 Å². The molecule has 2 rings (SSSR count). The molecule has 1 aliphatic rings. The van der Waals surface area contributed by atoms with Gasteiger partial charge in [-0.25, -0.2) is 0 Å². The first kappa shape index (κ1) is 5.42. The summed E-state index contributed by atoms with van der Waals surface area (Å²) in [6.07, 6.45) is 1.23. The summed E-state index contributed by atoms with van der Waals surface area (Å²) in [5, 5.41) is 0. The average molecular weight is 176 g/mol. The summed E-state index contributed by atoms with van der Waals surface area (Å²) in [6, 6.07) is 8.77. The Bertz CT molecular complexity index is 250. The Morgan fingerprint density at radius 1 is 1.22 bits per heavy atom. The van der Waals surface area contributed by atoms with Crippen LogP contribution in [-0.2, 0) is 6.42 Å². The standard InChI is InChI=1S/C8H7Ge/c1-2-4-8-7(3-1)5-6-9-8/h1-4,6H,5H2. The van der Waals surface area contributed by atoms with Crippen molar-refractivity contribution >= 4 is 24.2 Å². The van der Waals surface area contributed by atoms with Gasteiger partial charge in [0.05, 0.1) is 0 Å². The minimum absolute atomic E-state index is 0.178. The summed E-state index contributed by atoms with van der Waals surface area (Å²) in [7, 11) is 0. The second-order valence-electron chi connectivity index (χ2n) is 2.21. The van der Waals surface area contributed by atoms with Gasteiger partial charge in [0.1, 0.15) is 0 Å². The molecule has 0 atom stereocenters. The van der Waals surface area contributed by atoms with Crippen LogP contribution in [0.2, 0.25) is 0 Å². The van der Waals surface area contributed by atoms with Gasteiger partial charge < -0.3 is 0 Å². The van der Waals surface area contributed by atoms with Crippen LogP contribution < -0.4 is 4.40 Å². The van der Waals surface area contributed by atoms with Crippen molar-refractivity contribution in [3.05, 3.63) is 29.8 Å². The number of fused-ring (bicyclic) bond motifs is 1. The number of rotatable bonds is 0. The van der Waals surface area contributed by atoms with Gasteiger partial charge in [0.2, 0.25) is 0 Å². The van der Waals surface area contributed by atoms with E-state index in [1.807, 2.05) is 0 Å². The molecule has 0 fully saturated rings. The van der Waals surface area contributed by atoms with E-state index < -0.39 is 0 Å². The van der Waals surface area contributed by atoms with E-state index in [0.717, 1.165) is 0 Å². The van der Waals surface area contributed by atoms with Gasteiger partial charge >= 0.3 is 60.5 Å². The van der Waals surface area contributed by atoms with Gasteiger partial charge in [0.15, 0.2) is 0 Å². The van der Waals surface area contributed by atoms with Crippen LogP contribution in [0, 0.1) is 0 Å². The van der Waals surface area contributed by atoms with E-state index in [4.69, 9.17) is 0 Å². The maximum absolute atomic E-state index is 2.45. The number of hydrogen-bond acceptors (Lipinski definition) is 0. The van der Waals surface area contributed by atoms with Gasteiger partial charge in [0, 0.05) is 0 Å². The third-order valence-electron chi connectivity index (χ3n) is 1.60. The van der Waals surface area contributed by atoms with Crippen molar-refractivity contribution in [2.45, 2.75) is 6.42 Å². The fraction of sp³-hybridized carbons (Fsp3) is 0.125. The summed E-state index contributed by atoms with van der Waals surface area (Å²) in [5.41, 5.74) is 1.57. The Kier molecular flexibility index (Phi) is 1.27. The van der Waals surface area contributed by atoms with Gasteiger partial charge in [-0.1, -0.05) is 0 Å². The summed E-state index contributed by atoms with van der Waals surface area (Å²) >= 11 is 0.178. The molecule has 1 heteroatoms. The minimum atomic E-state index is 0.178. The normalized spacial score (nSPS) is 13.8. The van der Waals surface area contributed by atoms with Crippen LogP contribution in [-0.4, -0.2) is 19.8 Å². The molecule has 1 aromatic rings. The molecule has 0 unspecified atom stereocenters. The second-order valence-corrected chi connectivity index (χ2v) is 4.80. The Morgan fingerprint density at radius 3 is 3.00 bits per heavy atom. The molecule has 0 spiro atoms. The molecular formula is C8H7Ge. The Balaban J connectivity index is 2.63. The molecular weight excluding hydrogens is 169 g/mol. The third-order valence-corrected chi connectivity index (χ3v) is 4.13. The monoisotopic (exact) mass is 177 g/mol. The van der Waals surface area contributed by atoms with Crippen LogP contribution >= 0.6 is 0 Å². The summed E-state index contributed by atoms with van der Waals surface area (Å²) in [4.78, 5) is 2.45. The van der Waals surface area contributed by atoms with Crippen LogP contribution in [0.5, 0.6) is 0 Å². The van der Waals surface area contributed by atoms with Crippen molar-refractivity contribution in [2.75, 3.05) is 0 Å². The van der Waals surface area contributed by atoms with E-state index in [2.05, 4.69) is 29.1 Å². The van der Waals surface area contributed by atoms with Gasteiger partial charge in [-0.15, -0.1) is 0 Å². The second kappa shape index (κ2) is 2.10. The van der Waals surface area contributed by atoms with E-state index in [-0.39, 0.29) is 15.0 Å². The summed E-state index contributed by atoms with van der Waals surface area (Å²) in [5.74, 6) is 0. The molecule has 9 heavy (non-hydrogen) atoms. The summed E-state index contributed by atoms with van der Waals surface area (Å²) in [6.45, 7) is 0. The van der Waals surface area contributed by atoms with Crippen molar-refractivity contribution in [3.63, 3.8) is 0 Å². The van der Waals surface area contributed by atoms with Crippen LogP contribution in [0.3, 0.4) is 0 Å². The number of hydrogen-bond donors (Lipinski definition) is 0. The molecule has 0 saturated heterocycles. The zero-order valence-corrected chi connectivity index (χ0v) is 7.19. The van der Waals surface area contributed by atoms with E-state index in [1.165, 1.54) is 6.42 Å². The topological polar surface area (TPSA) is 0 Å². The molecule has 0 bridgehead atoms. The van der Waals surface area contributed by atoms with Gasteiger partial charge in [-0.2, -0.15) is 0 Å². The molecule has 0 aliphatic carbocycles. The molecule has 0 aromatic heterocycles. The van der Waals surface area contributed by atoms with E-state index >= 15 is 0 Å². The maximum atomic E-state index is 2.45. The predicted molar refractivity (Wildman–Crippen MR) is 41.6 cm³/mol. The van der Waals surface area contributed by atoms with Gasteiger partial charge in [-0.3, -0.25) is 0 Å². The molecule has 0 N–H and O–H groups in total. The molecule has 43 valence electrons. The average Bonchev–Trinajstić information content (AvgIpc) is 2.33. The Morgan fingerprint density at radius 2 is 2.11 bits per heavy atom. The molecule has 0 nitrogen and oxygen atoms in total. The first-order valence-electron chi connectivity index (χ1n) is 3.13. The molecule has 0 saturated carbocycles. The zero-order valence-electron chi connectivity index (χ0n) is 5.09. The molecule has 1 aliphatic heterocycles. The zero-order chi connectivity index (χ0) is 6.10. The van der Waals surface area contributed by atoms with Crippen molar-refractivity contribution in [2.24, 2.45) is 0 Å². The molecule has 0 amide bonds. The van der Waals surface area contributed by atoms with Crippen LogP contribution in [0.15, 0.2) is 24.3 Å². The van der Waals surface area contributed by atoms with Crippen molar-refractivity contribution in [1.29, 1.82) is 0 Å². The van der Waals surface area contributed by atoms with Crippen molar-refractivity contribution < 1.29 is 0 Å². The Hall–Kier alpha value is -0.367. The fourth-order valence-corrected chi connectivity index (χ4v) is 3.43. The first-order chi connectivity index (χ1) is 4.47. The van der Waals surface area contributed by atoms with Crippen LogP contribution in [0.25, 0.3) is 0 Å². The first-order valence-corrected chi connectivity index (χ1v) is 5.39. The molecule has 1 aromatic carbocycles. The SMILES string of the molecule is [CH]1=[Ge][c]2ccccc2C1. The Labute approximate surface area is 60.9 Å². The summed E-state index contributed by atoms with van der Waals surface area (Å²) < 4.78 is 1.64. The van der Waals surface area contributed by atoms with Crippen LogP contribution in [0.4, 0.5) is 0 Å². The predicted octanol–water partition coefficient (Wildman–Crippen LogP) is 0.374. The van der Waals surface area contributed by atoms with E-state index in [1.54, 1.807) is 9.96 Å². The van der Waals surface area contributed by atoms with Gasteiger partial charge in [0.25, 0.3) is 0 Å². The molecule has 1 radical (unpaired) electrons. The van der Waals surface area contributed by atoms with E-state index in [9.17, 15) is 0 Å². The van der Waals surface area contributed by atoms with Crippen molar-refractivity contribution in [3.8, 4) is 0 Å². The fourth-order valence-electron chi connectivity index (χ4n) is 1.11. The van der Waals surface area contributed by atoms with Gasteiger partial charge in [-0.05, 0) is 0 Å². The van der Waals surface area contributed by atoms with Crippen molar-refractivity contribution in [1.82, 2.24) is 0 Å².